The molecule has 0 rings (SSSR count). The molecule has 0 radical (unpaired) electrons. The van der Waals surface area contributed by atoms with Gasteiger partial charge in [0.25, 0.3) is 0 Å². The van der Waals surface area contributed by atoms with Gasteiger partial charge in [-0.2, -0.15) is 11.8 Å². The molecule has 68 valence electrons. The van der Waals surface area contributed by atoms with E-state index in [0.717, 1.165) is 5.92 Å². The molecule has 0 heterocycles. The topological polar surface area (TPSA) is 12.0 Å². The molecule has 0 aliphatic rings. The Morgan fingerprint density at radius 1 is 1.36 bits per heavy atom. The van der Waals surface area contributed by atoms with E-state index < -0.39 is 0 Å². The Morgan fingerprint density at radius 3 is 2.64 bits per heavy atom. The summed E-state index contributed by atoms with van der Waals surface area (Å²) in [4.78, 5) is 0. The summed E-state index contributed by atoms with van der Waals surface area (Å²) >= 11 is 1.95. The van der Waals surface area contributed by atoms with Gasteiger partial charge in [0.2, 0.25) is 0 Å². The van der Waals surface area contributed by atoms with Crippen molar-refractivity contribution in [3.8, 4) is 0 Å². The van der Waals surface area contributed by atoms with Gasteiger partial charge in [-0.05, 0) is 50.8 Å². The first-order valence-corrected chi connectivity index (χ1v) is 5.84. The monoisotopic (exact) mass is 175 g/mol. The standard InChI is InChI=1S/C9H21NS/c1-9(6-7-10-2)5-4-8-11-3/h9-10H,4-8H2,1-3H3. The van der Waals surface area contributed by atoms with Gasteiger partial charge in [-0.15, -0.1) is 0 Å². The van der Waals surface area contributed by atoms with Gasteiger partial charge in [-0.3, -0.25) is 0 Å². The van der Waals surface area contributed by atoms with Crippen molar-refractivity contribution in [2.75, 3.05) is 25.6 Å². The van der Waals surface area contributed by atoms with Crippen LogP contribution in [-0.4, -0.2) is 25.6 Å². The minimum Gasteiger partial charge on any atom is -0.320 e. The molecule has 1 nitrogen and oxygen atoms in total. The van der Waals surface area contributed by atoms with E-state index in [1.165, 1.54) is 31.6 Å². The van der Waals surface area contributed by atoms with Crippen LogP contribution in [0.1, 0.15) is 26.2 Å². The molecule has 0 aromatic heterocycles. The lowest BCUT2D eigenvalue weighted by Crippen LogP contribution is -2.11. The van der Waals surface area contributed by atoms with Gasteiger partial charge in [0.15, 0.2) is 0 Å². The fourth-order valence-electron chi connectivity index (χ4n) is 1.11. The Balaban J connectivity index is 3.02. The van der Waals surface area contributed by atoms with Crippen molar-refractivity contribution in [2.24, 2.45) is 5.92 Å². The normalized spacial score (nSPS) is 13.4. The molecular formula is C9H21NS. The van der Waals surface area contributed by atoms with E-state index in [-0.39, 0.29) is 0 Å². The van der Waals surface area contributed by atoms with Crippen LogP contribution in [0, 0.1) is 5.92 Å². The minimum absolute atomic E-state index is 0.898. The van der Waals surface area contributed by atoms with Crippen LogP contribution in [0.4, 0.5) is 0 Å². The summed E-state index contributed by atoms with van der Waals surface area (Å²) in [5.41, 5.74) is 0. The van der Waals surface area contributed by atoms with Gasteiger partial charge < -0.3 is 5.32 Å². The second kappa shape index (κ2) is 8.41. The third-order valence-corrected chi connectivity index (χ3v) is 2.63. The third-order valence-electron chi connectivity index (χ3n) is 1.93. The molecule has 2 heteroatoms. The molecule has 0 aromatic rings. The zero-order valence-corrected chi connectivity index (χ0v) is 8.84. The third kappa shape index (κ3) is 8.21. The quantitative estimate of drug-likeness (QED) is 0.596. The Labute approximate surface area is 75.3 Å². The molecule has 0 spiro atoms. The summed E-state index contributed by atoms with van der Waals surface area (Å²) in [7, 11) is 2.02. The second-order valence-corrected chi connectivity index (χ2v) is 4.12. The van der Waals surface area contributed by atoms with Gasteiger partial charge in [-0.1, -0.05) is 6.92 Å². The highest BCUT2D eigenvalue weighted by molar-refractivity contribution is 7.98. The minimum atomic E-state index is 0.898. The molecule has 0 saturated carbocycles. The predicted octanol–water partition coefficient (Wildman–Crippen LogP) is 2.38. The van der Waals surface area contributed by atoms with Crippen molar-refractivity contribution < 1.29 is 0 Å². The highest BCUT2D eigenvalue weighted by atomic mass is 32.2. The van der Waals surface area contributed by atoms with E-state index in [2.05, 4.69) is 18.5 Å². The number of rotatable bonds is 7. The maximum absolute atomic E-state index is 3.18. The van der Waals surface area contributed by atoms with E-state index in [9.17, 15) is 0 Å². The van der Waals surface area contributed by atoms with Crippen molar-refractivity contribution in [3.05, 3.63) is 0 Å². The van der Waals surface area contributed by atoms with E-state index in [1.54, 1.807) is 0 Å². The molecule has 0 saturated heterocycles. The van der Waals surface area contributed by atoms with Crippen LogP contribution in [0.3, 0.4) is 0 Å². The molecule has 0 aliphatic heterocycles. The average Bonchev–Trinajstić information content (AvgIpc) is 2.01. The summed E-state index contributed by atoms with van der Waals surface area (Å²) < 4.78 is 0. The first kappa shape index (κ1) is 11.3. The number of hydrogen-bond donors (Lipinski definition) is 1. The van der Waals surface area contributed by atoms with Crippen LogP contribution in [0.2, 0.25) is 0 Å². The smallest absolute Gasteiger partial charge is 0.00494 e. The molecule has 0 fully saturated rings. The summed E-state index contributed by atoms with van der Waals surface area (Å²) in [5, 5.41) is 3.18. The van der Waals surface area contributed by atoms with Gasteiger partial charge in [0.1, 0.15) is 0 Å². The number of hydrogen-bond acceptors (Lipinski definition) is 2. The summed E-state index contributed by atoms with van der Waals surface area (Å²) in [6, 6.07) is 0. The van der Waals surface area contributed by atoms with E-state index >= 15 is 0 Å². The van der Waals surface area contributed by atoms with Crippen LogP contribution < -0.4 is 5.32 Å². The van der Waals surface area contributed by atoms with E-state index in [4.69, 9.17) is 0 Å². The zero-order valence-electron chi connectivity index (χ0n) is 8.02. The van der Waals surface area contributed by atoms with Crippen LogP contribution in [0.25, 0.3) is 0 Å². The van der Waals surface area contributed by atoms with Crippen LogP contribution in [0.15, 0.2) is 0 Å². The molecule has 1 atom stereocenters. The molecule has 0 aromatic carbocycles. The lowest BCUT2D eigenvalue weighted by molar-refractivity contribution is 0.478. The fourth-order valence-corrected chi connectivity index (χ4v) is 1.57. The largest absolute Gasteiger partial charge is 0.320 e. The molecule has 0 amide bonds. The molecule has 1 unspecified atom stereocenters. The lowest BCUT2D eigenvalue weighted by Gasteiger charge is -2.09. The highest BCUT2D eigenvalue weighted by Gasteiger charge is 1.99. The first-order chi connectivity index (χ1) is 5.31. The fraction of sp³-hybridized carbons (Fsp3) is 1.00. The number of thioether (sulfide) groups is 1. The van der Waals surface area contributed by atoms with E-state index in [1.807, 2.05) is 18.8 Å². The van der Waals surface area contributed by atoms with Gasteiger partial charge >= 0.3 is 0 Å². The molecule has 0 bridgehead atoms. The van der Waals surface area contributed by atoms with Crippen LogP contribution in [0.5, 0.6) is 0 Å². The Morgan fingerprint density at radius 2 is 2.09 bits per heavy atom. The molecule has 0 aliphatic carbocycles. The SMILES string of the molecule is CNCCC(C)CCCSC. The first-order valence-electron chi connectivity index (χ1n) is 4.44. The molecule has 11 heavy (non-hydrogen) atoms. The van der Waals surface area contributed by atoms with Crippen LogP contribution >= 0.6 is 11.8 Å². The second-order valence-electron chi connectivity index (χ2n) is 3.13. The summed E-state index contributed by atoms with van der Waals surface area (Å²) in [6.45, 7) is 3.51. The Hall–Kier alpha value is 0.310. The lowest BCUT2D eigenvalue weighted by atomic mass is 10.0. The Kier molecular flexibility index (Phi) is 8.64. The molecule has 1 N–H and O–H groups in total. The predicted molar refractivity (Wildman–Crippen MR) is 55.3 cm³/mol. The number of nitrogens with one attached hydrogen (secondary N) is 1. The van der Waals surface area contributed by atoms with Crippen molar-refractivity contribution in [3.63, 3.8) is 0 Å². The van der Waals surface area contributed by atoms with Crippen LogP contribution in [-0.2, 0) is 0 Å². The van der Waals surface area contributed by atoms with E-state index in [0.29, 0.717) is 0 Å². The van der Waals surface area contributed by atoms with Crippen molar-refractivity contribution in [2.45, 2.75) is 26.2 Å². The van der Waals surface area contributed by atoms with Gasteiger partial charge in [0, 0.05) is 0 Å². The van der Waals surface area contributed by atoms with Gasteiger partial charge in [-0.25, -0.2) is 0 Å². The van der Waals surface area contributed by atoms with Crippen molar-refractivity contribution in [1.29, 1.82) is 0 Å². The van der Waals surface area contributed by atoms with Crippen molar-refractivity contribution in [1.82, 2.24) is 5.32 Å². The summed E-state index contributed by atoms with van der Waals surface area (Å²) in [6.07, 6.45) is 6.28. The Bertz CT molecular complexity index is 76.0. The zero-order chi connectivity index (χ0) is 8.53. The average molecular weight is 175 g/mol. The summed E-state index contributed by atoms with van der Waals surface area (Å²) in [5.74, 6) is 2.22. The van der Waals surface area contributed by atoms with Crippen molar-refractivity contribution >= 4 is 11.8 Å². The molecular weight excluding hydrogens is 154 g/mol. The highest BCUT2D eigenvalue weighted by Crippen LogP contribution is 2.11. The maximum atomic E-state index is 3.18. The van der Waals surface area contributed by atoms with Gasteiger partial charge in [0.05, 0.1) is 0 Å². The maximum Gasteiger partial charge on any atom is -0.00494 e.